The van der Waals surface area contributed by atoms with E-state index in [-0.39, 0.29) is 0 Å². The highest BCUT2D eigenvalue weighted by Gasteiger charge is 2.13. The fraction of sp³-hybridized carbons (Fsp3) is 0.273. The van der Waals surface area contributed by atoms with Crippen LogP contribution in [0.25, 0.3) is 0 Å². The second-order valence-corrected chi connectivity index (χ2v) is 3.61. The number of nitrogens with one attached hydrogen (secondary N) is 1. The van der Waals surface area contributed by atoms with Gasteiger partial charge in [-0.2, -0.15) is 5.10 Å². The van der Waals surface area contributed by atoms with Crippen molar-refractivity contribution in [1.29, 1.82) is 0 Å². The molecule has 18 heavy (non-hydrogen) atoms. The van der Waals surface area contributed by atoms with Crippen LogP contribution in [0.1, 0.15) is 16.1 Å². The summed E-state index contributed by atoms with van der Waals surface area (Å²) < 4.78 is 6.36. The minimum Gasteiger partial charge on any atom is -0.465 e. The fourth-order valence-corrected chi connectivity index (χ4v) is 1.46. The van der Waals surface area contributed by atoms with Crippen molar-refractivity contribution in [3.63, 3.8) is 0 Å². The van der Waals surface area contributed by atoms with Gasteiger partial charge in [0.15, 0.2) is 0 Å². The number of ether oxygens (including phenoxy) is 1. The first-order chi connectivity index (χ1) is 8.70. The zero-order valence-corrected chi connectivity index (χ0v) is 10.1. The standard InChI is InChI=1S/C11H13N5O2/c1-16-4-3-8(15-16)5-13-10-9(11(17)18-2)6-12-7-14-10/h3-4,6-7H,5H2,1-2H3,(H,12,13,14). The minimum absolute atomic E-state index is 0.302. The van der Waals surface area contributed by atoms with Crippen LogP contribution >= 0.6 is 0 Å². The van der Waals surface area contributed by atoms with Crippen molar-refractivity contribution in [2.24, 2.45) is 7.05 Å². The molecule has 0 radical (unpaired) electrons. The molecule has 0 amide bonds. The number of hydrogen-bond donors (Lipinski definition) is 1. The molecule has 0 spiro atoms. The SMILES string of the molecule is COC(=O)c1cncnc1NCc1ccn(C)n1. The van der Waals surface area contributed by atoms with E-state index < -0.39 is 5.97 Å². The molecular weight excluding hydrogens is 234 g/mol. The van der Waals surface area contributed by atoms with Crippen molar-refractivity contribution < 1.29 is 9.53 Å². The molecular formula is C11H13N5O2. The van der Waals surface area contributed by atoms with Gasteiger partial charge in [-0.1, -0.05) is 0 Å². The van der Waals surface area contributed by atoms with Gasteiger partial charge in [-0.25, -0.2) is 14.8 Å². The third kappa shape index (κ3) is 2.62. The summed E-state index contributed by atoms with van der Waals surface area (Å²) >= 11 is 0. The number of methoxy groups -OCH3 is 1. The van der Waals surface area contributed by atoms with E-state index in [0.717, 1.165) is 5.69 Å². The highest BCUT2D eigenvalue weighted by molar-refractivity contribution is 5.94. The number of hydrogen-bond acceptors (Lipinski definition) is 6. The maximum absolute atomic E-state index is 11.5. The second kappa shape index (κ2) is 5.26. The Morgan fingerprint density at radius 3 is 3.06 bits per heavy atom. The van der Waals surface area contributed by atoms with Crippen molar-refractivity contribution in [3.8, 4) is 0 Å². The molecule has 2 heterocycles. The molecule has 0 aliphatic rings. The predicted octanol–water partition coefficient (Wildman–Crippen LogP) is 0.609. The summed E-state index contributed by atoms with van der Waals surface area (Å²) in [5, 5.41) is 7.25. The van der Waals surface area contributed by atoms with Gasteiger partial charge in [-0.15, -0.1) is 0 Å². The van der Waals surface area contributed by atoms with Crippen molar-refractivity contribution in [2.75, 3.05) is 12.4 Å². The Bertz CT molecular complexity index is 552. The molecule has 2 aromatic heterocycles. The quantitative estimate of drug-likeness (QED) is 0.797. The van der Waals surface area contributed by atoms with E-state index in [1.54, 1.807) is 4.68 Å². The Morgan fingerprint density at radius 2 is 2.39 bits per heavy atom. The van der Waals surface area contributed by atoms with Gasteiger partial charge in [0, 0.05) is 19.4 Å². The number of aromatic nitrogens is 4. The number of rotatable bonds is 4. The summed E-state index contributed by atoms with van der Waals surface area (Å²) in [7, 11) is 3.16. The molecule has 0 saturated carbocycles. The fourth-order valence-electron chi connectivity index (χ4n) is 1.46. The summed E-state index contributed by atoms with van der Waals surface area (Å²) in [6.45, 7) is 0.474. The highest BCUT2D eigenvalue weighted by atomic mass is 16.5. The number of anilines is 1. The molecule has 2 rings (SSSR count). The molecule has 0 unspecified atom stereocenters. The lowest BCUT2D eigenvalue weighted by atomic mass is 10.3. The minimum atomic E-state index is -0.473. The molecule has 0 fully saturated rings. The van der Waals surface area contributed by atoms with E-state index in [2.05, 4.69) is 25.1 Å². The second-order valence-electron chi connectivity index (χ2n) is 3.61. The smallest absolute Gasteiger partial charge is 0.343 e. The molecule has 0 atom stereocenters. The van der Waals surface area contributed by atoms with Crippen LogP contribution in [0.2, 0.25) is 0 Å². The van der Waals surface area contributed by atoms with Crippen molar-refractivity contribution in [3.05, 3.63) is 36.0 Å². The zero-order chi connectivity index (χ0) is 13.0. The van der Waals surface area contributed by atoms with Crippen molar-refractivity contribution in [1.82, 2.24) is 19.7 Å². The van der Waals surface area contributed by atoms with Crippen LogP contribution in [-0.2, 0) is 18.3 Å². The molecule has 94 valence electrons. The van der Waals surface area contributed by atoms with Gasteiger partial charge in [0.2, 0.25) is 0 Å². The Hall–Kier alpha value is -2.44. The monoisotopic (exact) mass is 247 g/mol. The number of esters is 1. The highest BCUT2D eigenvalue weighted by Crippen LogP contribution is 2.12. The van der Waals surface area contributed by atoms with Gasteiger partial charge < -0.3 is 10.1 Å². The molecule has 0 aromatic carbocycles. The summed E-state index contributed by atoms with van der Waals surface area (Å²) in [5.74, 6) is -0.0402. The number of aryl methyl sites for hydroxylation is 1. The van der Waals surface area contributed by atoms with Gasteiger partial charge in [-0.3, -0.25) is 4.68 Å². The maximum Gasteiger partial charge on any atom is 0.343 e. The summed E-state index contributed by atoms with van der Waals surface area (Å²) in [5.41, 5.74) is 1.16. The Balaban J connectivity index is 2.11. The molecule has 0 aliphatic carbocycles. The number of nitrogens with zero attached hydrogens (tertiary/aromatic N) is 4. The van der Waals surface area contributed by atoms with Crippen LogP contribution in [0, 0.1) is 0 Å². The topological polar surface area (TPSA) is 81.9 Å². The van der Waals surface area contributed by atoms with Gasteiger partial charge >= 0.3 is 5.97 Å². The number of carbonyl (C=O) groups excluding carboxylic acids is 1. The average Bonchev–Trinajstić information content (AvgIpc) is 2.81. The van der Waals surface area contributed by atoms with Gasteiger partial charge in [-0.05, 0) is 6.07 Å². The van der Waals surface area contributed by atoms with Crippen LogP contribution in [0.3, 0.4) is 0 Å². The van der Waals surface area contributed by atoms with E-state index in [1.807, 2.05) is 19.3 Å². The third-order valence-electron chi connectivity index (χ3n) is 2.32. The van der Waals surface area contributed by atoms with E-state index in [9.17, 15) is 4.79 Å². The summed E-state index contributed by atoms with van der Waals surface area (Å²) in [4.78, 5) is 19.3. The third-order valence-corrected chi connectivity index (χ3v) is 2.32. The lowest BCUT2D eigenvalue weighted by Gasteiger charge is -2.07. The first-order valence-corrected chi connectivity index (χ1v) is 5.31. The molecule has 1 N–H and O–H groups in total. The Labute approximate surface area is 104 Å². The van der Waals surface area contributed by atoms with Crippen LogP contribution in [0.5, 0.6) is 0 Å². The Morgan fingerprint density at radius 1 is 1.56 bits per heavy atom. The lowest BCUT2D eigenvalue weighted by Crippen LogP contribution is -2.10. The molecule has 2 aromatic rings. The molecule has 0 saturated heterocycles. The lowest BCUT2D eigenvalue weighted by molar-refractivity contribution is 0.0601. The largest absolute Gasteiger partial charge is 0.465 e. The van der Waals surface area contributed by atoms with Crippen molar-refractivity contribution >= 4 is 11.8 Å². The first kappa shape index (κ1) is 12.0. The van der Waals surface area contributed by atoms with E-state index in [4.69, 9.17) is 0 Å². The van der Waals surface area contributed by atoms with Crippen LogP contribution in [0.15, 0.2) is 24.8 Å². The summed E-state index contributed by atoms with van der Waals surface area (Å²) in [6.07, 6.45) is 4.63. The summed E-state index contributed by atoms with van der Waals surface area (Å²) in [6, 6.07) is 1.88. The average molecular weight is 247 g/mol. The van der Waals surface area contributed by atoms with E-state index in [1.165, 1.54) is 19.6 Å². The first-order valence-electron chi connectivity index (χ1n) is 5.31. The van der Waals surface area contributed by atoms with Crippen LogP contribution in [0.4, 0.5) is 5.82 Å². The zero-order valence-electron chi connectivity index (χ0n) is 10.1. The van der Waals surface area contributed by atoms with Crippen LogP contribution < -0.4 is 5.32 Å². The molecule has 0 aliphatic heterocycles. The van der Waals surface area contributed by atoms with E-state index in [0.29, 0.717) is 17.9 Å². The van der Waals surface area contributed by atoms with Crippen molar-refractivity contribution in [2.45, 2.75) is 6.54 Å². The van der Waals surface area contributed by atoms with Crippen LogP contribution in [-0.4, -0.2) is 32.8 Å². The van der Waals surface area contributed by atoms with Gasteiger partial charge in [0.05, 0.1) is 19.3 Å². The van der Waals surface area contributed by atoms with E-state index >= 15 is 0 Å². The van der Waals surface area contributed by atoms with Gasteiger partial charge in [0.1, 0.15) is 17.7 Å². The number of carbonyl (C=O) groups is 1. The predicted molar refractivity (Wildman–Crippen MR) is 63.9 cm³/mol. The molecule has 7 nitrogen and oxygen atoms in total. The molecule has 0 bridgehead atoms. The maximum atomic E-state index is 11.5. The Kier molecular flexibility index (Phi) is 3.52. The van der Waals surface area contributed by atoms with Gasteiger partial charge in [0.25, 0.3) is 0 Å². The normalized spacial score (nSPS) is 10.1. The molecule has 7 heteroatoms.